The number of amides is 1. The number of halogens is 3. The summed E-state index contributed by atoms with van der Waals surface area (Å²) in [5.41, 5.74) is 4.61. The summed E-state index contributed by atoms with van der Waals surface area (Å²) in [5.74, 6) is -2.92. The second kappa shape index (κ2) is 11.6. The van der Waals surface area contributed by atoms with E-state index >= 15 is 0 Å². The van der Waals surface area contributed by atoms with E-state index < -0.39 is 17.5 Å². The minimum Gasteiger partial charge on any atom is -0.454 e. The molecule has 1 N–H and O–H groups in total. The van der Waals surface area contributed by atoms with Crippen LogP contribution in [0, 0.1) is 24.4 Å². The van der Waals surface area contributed by atoms with Crippen LogP contribution in [-0.4, -0.2) is 37.1 Å². The van der Waals surface area contributed by atoms with Crippen LogP contribution in [0.2, 0.25) is 0 Å². The predicted molar refractivity (Wildman–Crippen MR) is 141 cm³/mol. The molecule has 0 bridgehead atoms. The van der Waals surface area contributed by atoms with Gasteiger partial charge in [-0.3, -0.25) is 19.9 Å². The van der Waals surface area contributed by atoms with E-state index in [1.165, 1.54) is 11.1 Å². The Balaban J connectivity index is 1.18. The molecular formula is C30H32F3N3O2. The maximum absolute atomic E-state index is 13.9. The summed E-state index contributed by atoms with van der Waals surface area (Å²) in [6, 6.07) is 14.8. The van der Waals surface area contributed by atoms with E-state index in [1.807, 2.05) is 23.1 Å². The molecule has 0 aromatic heterocycles. The molecule has 0 radical (unpaired) electrons. The first-order valence-electron chi connectivity index (χ1n) is 13.1. The molecule has 3 aromatic carbocycles. The van der Waals surface area contributed by atoms with Crippen molar-refractivity contribution >= 4 is 12.1 Å². The zero-order chi connectivity index (χ0) is 26.6. The summed E-state index contributed by atoms with van der Waals surface area (Å²) in [6.07, 6.45) is 5.11. The van der Waals surface area contributed by atoms with Gasteiger partial charge in [0.2, 0.25) is 6.41 Å². The van der Waals surface area contributed by atoms with Crippen LogP contribution in [0.5, 0.6) is 11.5 Å². The maximum Gasteiger partial charge on any atom is 0.215 e. The molecule has 2 aliphatic heterocycles. The van der Waals surface area contributed by atoms with Gasteiger partial charge in [0.05, 0.1) is 6.17 Å². The number of nitrogens with one attached hydrogen (secondary N) is 1. The number of hydrogen-bond donors (Lipinski definition) is 1. The molecule has 2 saturated heterocycles. The summed E-state index contributed by atoms with van der Waals surface area (Å²) in [5, 5.41) is 3.41. The van der Waals surface area contributed by atoms with E-state index in [0.29, 0.717) is 23.8 Å². The lowest BCUT2D eigenvalue weighted by Crippen LogP contribution is -2.41. The molecule has 0 saturated carbocycles. The highest BCUT2D eigenvalue weighted by Crippen LogP contribution is 2.34. The van der Waals surface area contributed by atoms with E-state index in [2.05, 4.69) is 29.3 Å². The van der Waals surface area contributed by atoms with Gasteiger partial charge >= 0.3 is 0 Å². The second-order valence-electron chi connectivity index (χ2n) is 10.2. The molecule has 8 heteroatoms. The Morgan fingerprint density at radius 3 is 2.39 bits per heavy atom. The Morgan fingerprint density at radius 2 is 1.71 bits per heavy atom. The Morgan fingerprint density at radius 1 is 0.974 bits per heavy atom. The van der Waals surface area contributed by atoms with Crippen LogP contribution in [-0.2, 0) is 11.3 Å². The van der Waals surface area contributed by atoms with E-state index in [0.717, 1.165) is 69.5 Å². The van der Waals surface area contributed by atoms with Crippen molar-refractivity contribution in [3.8, 4) is 11.5 Å². The molecule has 2 fully saturated rings. The van der Waals surface area contributed by atoms with Crippen LogP contribution in [0.15, 0.2) is 54.6 Å². The van der Waals surface area contributed by atoms with Gasteiger partial charge in [-0.15, -0.1) is 0 Å². The lowest BCUT2D eigenvalue weighted by Gasteiger charge is -2.33. The Labute approximate surface area is 221 Å². The summed E-state index contributed by atoms with van der Waals surface area (Å²) >= 11 is 0. The van der Waals surface area contributed by atoms with Crippen molar-refractivity contribution in [2.75, 3.05) is 24.5 Å². The van der Waals surface area contributed by atoms with Gasteiger partial charge in [0.1, 0.15) is 5.75 Å². The summed E-state index contributed by atoms with van der Waals surface area (Å²) in [7, 11) is 0. The number of rotatable bonds is 8. The molecular weight excluding hydrogens is 491 g/mol. The van der Waals surface area contributed by atoms with E-state index in [9.17, 15) is 18.0 Å². The number of benzene rings is 3. The van der Waals surface area contributed by atoms with Crippen LogP contribution in [0.4, 0.5) is 18.9 Å². The lowest BCUT2D eigenvalue weighted by atomic mass is 9.86. The number of carbonyl (C=O) groups excluding carboxylic acids is 1. The zero-order valence-corrected chi connectivity index (χ0v) is 21.4. The highest BCUT2D eigenvalue weighted by atomic mass is 19.2. The van der Waals surface area contributed by atoms with E-state index in [1.54, 1.807) is 12.1 Å². The molecule has 38 heavy (non-hydrogen) atoms. The minimum atomic E-state index is -1.25. The van der Waals surface area contributed by atoms with Crippen LogP contribution < -0.4 is 15.0 Å². The van der Waals surface area contributed by atoms with Gasteiger partial charge in [-0.2, -0.15) is 0 Å². The van der Waals surface area contributed by atoms with Crippen molar-refractivity contribution in [3.63, 3.8) is 0 Å². The molecule has 200 valence electrons. The zero-order valence-electron chi connectivity index (χ0n) is 21.4. The molecule has 1 atom stereocenters. The average Bonchev–Trinajstić information content (AvgIpc) is 3.45. The fourth-order valence-electron chi connectivity index (χ4n) is 5.48. The van der Waals surface area contributed by atoms with Crippen LogP contribution in [0.3, 0.4) is 0 Å². The average molecular weight is 524 g/mol. The third-order valence-electron chi connectivity index (χ3n) is 7.60. The smallest absolute Gasteiger partial charge is 0.215 e. The summed E-state index contributed by atoms with van der Waals surface area (Å²) in [4.78, 5) is 16.1. The van der Waals surface area contributed by atoms with Gasteiger partial charge in [-0.1, -0.05) is 18.2 Å². The van der Waals surface area contributed by atoms with Gasteiger partial charge < -0.3 is 4.74 Å². The number of nitrogens with zero attached hydrogens (tertiary/aromatic N) is 2. The number of aryl methyl sites for hydroxylation is 1. The molecule has 0 spiro atoms. The highest BCUT2D eigenvalue weighted by molar-refractivity contribution is 5.76. The van der Waals surface area contributed by atoms with Gasteiger partial charge in [0.15, 0.2) is 23.2 Å². The summed E-state index contributed by atoms with van der Waals surface area (Å²) in [6.45, 7) is 5.76. The van der Waals surface area contributed by atoms with Crippen molar-refractivity contribution < 1.29 is 22.7 Å². The summed E-state index contributed by atoms with van der Waals surface area (Å²) < 4.78 is 45.9. The highest BCUT2D eigenvalue weighted by Gasteiger charge is 2.25. The molecule has 0 unspecified atom stereocenters. The van der Waals surface area contributed by atoms with Gasteiger partial charge in [0.25, 0.3) is 0 Å². The fourth-order valence-corrected chi connectivity index (χ4v) is 5.48. The third-order valence-corrected chi connectivity index (χ3v) is 7.60. The van der Waals surface area contributed by atoms with E-state index in [-0.39, 0.29) is 11.9 Å². The first-order valence-corrected chi connectivity index (χ1v) is 13.1. The van der Waals surface area contributed by atoms with Gasteiger partial charge in [-0.25, -0.2) is 13.2 Å². The van der Waals surface area contributed by atoms with Crippen LogP contribution >= 0.6 is 0 Å². The predicted octanol–water partition coefficient (Wildman–Crippen LogP) is 6.26. The van der Waals surface area contributed by atoms with E-state index in [4.69, 9.17) is 4.74 Å². The maximum atomic E-state index is 13.9. The van der Waals surface area contributed by atoms with Crippen molar-refractivity contribution in [2.45, 2.75) is 51.2 Å². The quantitative estimate of drug-likeness (QED) is 0.280. The Hall–Kier alpha value is -3.36. The van der Waals surface area contributed by atoms with Crippen molar-refractivity contribution in [1.29, 1.82) is 0 Å². The second-order valence-corrected chi connectivity index (χ2v) is 10.2. The molecule has 2 heterocycles. The monoisotopic (exact) mass is 523 g/mol. The lowest BCUT2D eigenvalue weighted by molar-refractivity contribution is -0.107. The van der Waals surface area contributed by atoms with Gasteiger partial charge in [0, 0.05) is 24.4 Å². The SMILES string of the molecule is Cc1ccc(N(C=O)[C@@H]2CCCN2)cc1C1CCN(Cc2ccc(Oc3cc(F)c(F)cc3F)cc2)CC1. The topological polar surface area (TPSA) is 44.8 Å². The van der Waals surface area contributed by atoms with Gasteiger partial charge in [-0.05, 0) is 99.1 Å². The standard InChI is InChI=1S/C30H32F3N3O2/c1-20-4-7-23(36(19-37)30-3-2-12-34-30)15-25(20)22-10-13-35(14-11-22)18-21-5-8-24(9-6-21)38-29-17-27(32)26(31)16-28(29)33/h4-9,15-17,19,22,30,34H,2-3,10-14,18H2,1H3/t30-/m1/s1. The normalized spacial score (nSPS) is 18.5. The Kier molecular flexibility index (Phi) is 8.00. The van der Waals surface area contributed by atoms with Crippen molar-refractivity contribution in [1.82, 2.24) is 10.2 Å². The number of likely N-dealkylation sites (tertiary alicyclic amines) is 1. The number of carbonyl (C=O) groups is 1. The third kappa shape index (κ3) is 5.87. The number of piperidine rings is 1. The Bertz CT molecular complexity index is 1270. The molecule has 2 aliphatic rings. The largest absolute Gasteiger partial charge is 0.454 e. The molecule has 0 aliphatic carbocycles. The van der Waals surface area contributed by atoms with Crippen molar-refractivity contribution in [3.05, 3.63) is 88.7 Å². The van der Waals surface area contributed by atoms with Crippen LogP contribution in [0.25, 0.3) is 0 Å². The van der Waals surface area contributed by atoms with Crippen molar-refractivity contribution in [2.24, 2.45) is 0 Å². The number of hydrogen-bond acceptors (Lipinski definition) is 4. The first-order chi connectivity index (χ1) is 18.4. The fraction of sp³-hybridized carbons (Fsp3) is 0.367. The number of anilines is 1. The van der Waals surface area contributed by atoms with Crippen LogP contribution in [0.1, 0.15) is 48.3 Å². The minimum absolute atomic E-state index is 0.0672. The molecule has 1 amide bonds. The molecule has 5 nitrogen and oxygen atoms in total. The first kappa shape index (κ1) is 26.3. The molecule has 3 aromatic rings. The number of ether oxygens (including phenoxy) is 1. The molecule has 5 rings (SSSR count).